The van der Waals surface area contributed by atoms with Gasteiger partial charge in [-0.05, 0) is 36.6 Å². The molecule has 6 heteroatoms. The minimum absolute atomic E-state index is 0.0871. The summed E-state index contributed by atoms with van der Waals surface area (Å²) in [6, 6.07) is 3.60. The van der Waals surface area contributed by atoms with Gasteiger partial charge in [-0.15, -0.1) is 11.3 Å². The summed E-state index contributed by atoms with van der Waals surface area (Å²) in [4.78, 5) is 26.4. The van der Waals surface area contributed by atoms with Gasteiger partial charge in [0.1, 0.15) is 0 Å². The lowest BCUT2D eigenvalue weighted by atomic mass is 9.95. The van der Waals surface area contributed by atoms with E-state index in [0.717, 1.165) is 32.4 Å². The van der Waals surface area contributed by atoms with Crippen molar-refractivity contribution in [3.05, 3.63) is 22.4 Å². The summed E-state index contributed by atoms with van der Waals surface area (Å²) in [6.07, 6.45) is 3.18. The average Bonchev–Trinajstić information content (AvgIpc) is 3.02. The Kier molecular flexibility index (Phi) is 6.20. The van der Waals surface area contributed by atoms with Crippen LogP contribution in [0.3, 0.4) is 0 Å². The lowest BCUT2D eigenvalue weighted by Gasteiger charge is -2.32. The maximum absolute atomic E-state index is 12.1. The van der Waals surface area contributed by atoms with Crippen molar-refractivity contribution in [2.75, 3.05) is 26.2 Å². The van der Waals surface area contributed by atoms with Gasteiger partial charge in [0.2, 0.25) is 5.91 Å². The summed E-state index contributed by atoms with van der Waals surface area (Å²) in [5.74, 6) is 0.382. The van der Waals surface area contributed by atoms with E-state index in [2.05, 4.69) is 5.32 Å². The van der Waals surface area contributed by atoms with Crippen LogP contribution in [-0.2, 0) is 4.79 Å². The molecular formula is C15H22N2O3S. The van der Waals surface area contributed by atoms with Crippen LogP contribution in [-0.4, -0.2) is 48.1 Å². The highest BCUT2D eigenvalue weighted by molar-refractivity contribution is 7.12. The van der Waals surface area contributed by atoms with Gasteiger partial charge in [-0.1, -0.05) is 6.07 Å². The molecule has 1 aliphatic rings. The Hall–Kier alpha value is -1.40. The first-order valence-electron chi connectivity index (χ1n) is 7.41. The van der Waals surface area contributed by atoms with E-state index < -0.39 is 0 Å². The van der Waals surface area contributed by atoms with E-state index in [4.69, 9.17) is 5.11 Å². The zero-order valence-corrected chi connectivity index (χ0v) is 12.9. The van der Waals surface area contributed by atoms with Crippen LogP contribution in [0.15, 0.2) is 17.5 Å². The predicted molar refractivity (Wildman–Crippen MR) is 82.3 cm³/mol. The van der Waals surface area contributed by atoms with E-state index in [-0.39, 0.29) is 18.4 Å². The van der Waals surface area contributed by atoms with E-state index in [1.165, 1.54) is 11.3 Å². The Morgan fingerprint density at radius 3 is 3.05 bits per heavy atom. The molecule has 2 rings (SSSR count). The SMILES string of the molecule is O=C(NCCC(=O)N1CCCC(CCO)C1)c1cccs1. The monoisotopic (exact) mass is 310 g/mol. The van der Waals surface area contributed by atoms with Crippen molar-refractivity contribution in [1.82, 2.24) is 10.2 Å². The quantitative estimate of drug-likeness (QED) is 0.836. The Labute approximate surface area is 129 Å². The number of nitrogens with one attached hydrogen (secondary N) is 1. The molecule has 2 heterocycles. The van der Waals surface area contributed by atoms with Crippen LogP contribution in [0.25, 0.3) is 0 Å². The molecule has 1 saturated heterocycles. The van der Waals surface area contributed by atoms with Gasteiger partial charge in [0.25, 0.3) is 5.91 Å². The van der Waals surface area contributed by atoms with Gasteiger partial charge >= 0.3 is 0 Å². The van der Waals surface area contributed by atoms with E-state index in [1.807, 2.05) is 16.3 Å². The van der Waals surface area contributed by atoms with E-state index in [9.17, 15) is 9.59 Å². The van der Waals surface area contributed by atoms with Crippen LogP contribution >= 0.6 is 11.3 Å². The number of piperidine rings is 1. The maximum Gasteiger partial charge on any atom is 0.261 e. The fourth-order valence-corrected chi connectivity index (χ4v) is 3.29. The second kappa shape index (κ2) is 8.14. The number of aliphatic hydroxyl groups excluding tert-OH is 1. The molecule has 1 aromatic heterocycles. The molecule has 5 nitrogen and oxygen atoms in total. The maximum atomic E-state index is 12.1. The Morgan fingerprint density at radius 1 is 1.48 bits per heavy atom. The van der Waals surface area contributed by atoms with Crippen molar-refractivity contribution in [1.29, 1.82) is 0 Å². The van der Waals surface area contributed by atoms with Crippen molar-refractivity contribution in [3.63, 3.8) is 0 Å². The number of carbonyl (C=O) groups is 2. The first kappa shape index (κ1) is 16.0. The molecular weight excluding hydrogens is 288 g/mol. The molecule has 0 saturated carbocycles. The third-order valence-corrected chi connectivity index (χ3v) is 4.65. The molecule has 21 heavy (non-hydrogen) atoms. The molecule has 1 aliphatic heterocycles. The molecule has 0 spiro atoms. The van der Waals surface area contributed by atoms with Crippen LogP contribution in [0.2, 0.25) is 0 Å². The van der Waals surface area contributed by atoms with Gasteiger partial charge in [0.05, 0.1) is 4.88 Å². The van der Waals surface area contributed by atoms with Gasteiger partial charge in [-0.25, -0.2) is 0 Å². The second-order valence-electron chi connectivity index (χ2n) is 5.34. The molecule has 1 aromatic rings. The minimum Gasteiger partial charge on any atom is -0.396 e. The molecule has 2 amide bonds. The van der Waals surface area contributed by atoms with Gasteiger partial charge in [0.15, 0.2) is 0 Å². The average molecular weight is 310 g/mol. The summed E-state index contributed by atoms with van der Waals surface area (Å²) in [5.41, 5.74) is 0. The zero-order chi connectivity index (χ0) is 15.1. The summed E-state index contributed by atoms with van der Waals surface area (Å²) >= 11 is 1.39. The molecule has 0 radical (unpaired) electrons. The van der Waals surface area contributed by atoms with Crippen molar-refractivity contribution in [2.45, 2.75) is 25.7 Å². The van der Waals surface area contributed by atoms with Gasteiger partial charge < -0.3 is 15.3 Å². The van der Waals surface area contributed by atoms with Crippen LogP contribution in [0, 0.1) is 5.92 Å². The molecule has 0 aliphatic carbocycles. The fraction of sp³-hybridized carbons (Fsp3) is 0.600. The zero-order valence-electron chi connectivity index (χ0n) is 12.1. The number of nitrogens with zero attached hydrogens (tertiary/aromatic N) is 1. The topological polar surface area (TPSA) is 69.6 Å². The van der Waals surface area contributed by atoms with E-state index in [0.29, 0.717) is 23.8 Å². The summed E-state index contributed by atoms with van der Waals surface area (Å²) < 4.78 is 0. The van der Waals surface area contributed by atoms with E-state index in [1.54, 1.807) is 6.07 Å². The van der Waals surface area contributed by atoms with Crippen molar-refractivity contribution in [2.24, 2.45) is 5.92 Å². The number of thiophene rings is 1. The molecule has 0 aromatic carbocycles. The molecule has 0 bridgehead atoms. The largest absolute Gasteiger partial charge is 0.396 e. The van der Waals surface area contributed by atoms with Gasteiger partial charge in [-0.2, -0.15) is 0 Å². The second-order valence-corrected chi connectivity index (χ2v) is 6.29. The van der Waals surface area contributed by atoms with Gasteiger partial charge in [0, 0.05) is 32.7 Å². The molecule has 1 fully saturated rings. The number of carbonyl (C=O) groups excluding carboxylic acids is 2. The number of hydrogen-bond donors (Lipinski definition) is 2. The summed E-state index contributed by atoms with van der Waals surface area (Å²) in [7, 11) is 0. The number of rotatable bonds is 6. The highest BCUT2D eigenvalue weighted by atomic mass is 32.1. The van der Waals surface area contributed by atoms with E-state index >= 15 is 0 Å². The molecule has 1 atom stereocenters. The first-order chi connectivity index (χ1) is 10.2. The first-order valence-corrected chi connectivity index (χ1v) is 8.29. The third-order valence-electron chi connectivity index (χ3n) is 3.78. The number of likely N-dealkylation sites (tertiary alicyclic amines) is 1. The number of amides is 2. The standard InChI is InChI=1S/C15H22N2O3S/c18-9-6-12-3-1-8-17(11-12)14(19)5-7-16-15(20)13-4-2-10-21-13/h2,4,10,12,18H,1,3,5-9,11H2,(H,16,20). The Bertz CT molecular complexity index is 459. The van der Waals surface area contributed by atoms with Crippen LogP contribution in [0.1, 0.15) is 35.4 Å². The summed E-state index contributed by atoms with van der Waals surface area (Å²) in [6.45, 7) is 2.08. The Morgan fingerprint density at radius 2 is 2.33 bits per heavy atom. The van der Waals surface area contributed by atoms with Crippen molar-refractivity contribution in [3.8, 4) is 0 Å². The van der Waals surface area contributed by atoms with Crippen molar-refractivity contribution < 1.29 is 14.7 Å². The summed E-state index contributed by atoms with van der Waals surface area (Å²) in [5, 5.41) is 13.6. The van der Waals surface area contributed by atoms with Crippen LogP contribution < -0.4 is 5.32 Å². The predicted octanol–water partition coefficient (Wildman–Crippen LogP) is 1.49. The molecule has 116 valence electrons. The molecule has 1 unspecified atom stereocenters. The highest BCUT2D eigenvalue weighted by Crippen LogP contribution is 2.19. The normalized spacial score (nSPS) is 18.5. The molecule has 2 N–H and O–H groups in total. The smallest absolute Gasteiger partial charge is 0.261 e. The fourth-order valence-electron chi connectivity index (χ4n) is 2.65. The number of hydrogen-bond acceptors (Lipinski definition) is 4. The van der Waals surface area contributed by atoms with Crippen LogP contribution in [0.5, 0.6) is 0 Å². The highest BCUT2D eigenvalue weighted by Gasteiger charge is 2.22. The number of aliphatic hydroxyl groups is 1. The van der Waals surface area contributed by atoms with Crippen LogP contribution in [0.4, 0.5) is 0 Å². The third kappa shape index (κ3) is 4.82. The minimum atomic E-state index is -0.116. The lowest BCUT2D eigenvalue weighted by Crippen LogP contribution is -2.41. The van der Waals surface area contributed by atoms with Crippen molar-refractivity contribution >= 4 is 23.2 Å². The van der Waals surface area contributed by atoms with Gasteiger partial charge in [-0.3, -0.25) is 9.59 Å². The Balaban J connectivity index is 1.70. The lowest BCUT2D eigenvalue weighted by molar-refractivity contribution is -0.133.